The highest BCUT2D eigenvalue weighted by Gasteiger charge is 2.17. The number of aromatic amines is 1. The molecule has 0 saturated carbocycles. The molecule has 3 heterocycles. The summed E-state index contributed by atoms with van der Waals surface area (Å²) in [7, 11) is 0. The van der Waals surface area contributed by atoms with E-state index >= 15 is 0 Å². The number of piperazine rings is 1. The predicted molar refractivity (Wildman–Crippen MR) is 83.1 cm³/mol. The third-order valence-electron chi connectivity index (χ3n) is 3.92. The molecular weight excluding hydrogens is 250 g/mol. The number of nitrogens with two attached hydrogens (primary N) is 1. The molecule has 0 aliphatic carbocycles. The van der Waals surface area contributed by atoms with Crippen molar-refractivity contribution >= 4 is 33.3 Å². The van der Waals surface area contributed by atoms with Crippen LogP contribution in [0.5, 0.6) is 0 Å². The number of hydrogen-bond donors (Lipinski definition) is 3. The van der Waals surface area contributed by atoms with Crippen molar-refractivity contribution in [2.45, 2.75) is 0 Å². The Morgan fingerprint density at radius 2 is 1.95 bits per heavy atom. The summed E-state index contributed by atoms with van der Waals surface area (Å²) in [6, 6.07) is 7.99. The second-order valence-corrected chi connectivity index (χ2v) is 5.22. The van der Waals surface area contributed by atoms with Crippen molar-refractivity contribution < 1.29 is 0 Å². The molecule has 102 valence electrons. The van der Waals surface area contributed by atoms with E-state index in [0.29, 0.717) is 0 Å². The molecule has 0 atom stereocenters. The molecule has 2 aromatic heterocycles. The van der Waals surface area contributed by atoms with Crippen molar-refractivity contribution in [2.75, 3.05) is 36.8 Å². The highest BCUT2D eigenvalue weighted by molar-refractivity contribution is 6.09. The maximum atomic E-state index is 5.90. The van der Waals surface area contributed by atoms with Crippen LogP contribution in [0.15, 0.2) is 30.5 Å². The summed E-state index contributed by atoms with van der Waals surface area (Å²) in [5, 5.41) is 5.64. The molecule has 4 rings (SSSR count). The molecule has 1 fully saturated rings. The molecule has 4 N–H and O–H groups in total. The van der Waals surface area contributed by atoms with Gasteiger partial charge in [-0.1, -0.05) is 0 Å². The summed E-state index contributed by atoms with van der Waals surface area (Å²) in [5.74, 6) is 1.07. The number of fused-ring (bicyclic) bond motifs is 3. The normalized spacial score (nSPS) is 16.1. The van der Waals surface area contributed by atoms with Crippen LogP contribution in [0.1, 0.15) is 0 Å². The summed E-state index contributed by atoms with van der Waals surface area (Å²) >= 11 is 0. The third kappa shape index (κ3) is 1.71. The first-order chi connectivity index (χ1) is 9.83. The van der Waals surface area contributed by atoms with Crippen molar-refractivity contribution in [3.63, 3.8) is 0 Å². The minimum atomic E-state index is 0.769. The van der Waals surface area contributed by atoms with Gasteiger partial charge in [-0.15, -0.1) is 0 Å². The number of benzene rings is 1. The number of H-pyrrole nitrogens is 1. The number of pyridine rings is 1. The van der Waals surface area contributed by atoms with E-state index in [1.54, 1.807) is 0 Å². The summed E-state index contributed by atoms with van der Waals surface area (Å²) < 4.78 is 0. The van der Waals surface area contributed by atoms with Gasteiger partial charge < -0.3 is 20.9 Å². The van der Waals surface area contributed by atoms with Gasteiger partial charge in [0.1, 0.15) is 5.82 Å². The molecule has 5 heteroatoms. The van der Waals surface area contributed by atoms with Gasteiger partial charge in [0.2, 0.25) is 0 Å². The molecule has 0 spiro atoms. The smallest absolute Gasteiger partial charge is 0.138 e. The molecule has 3 aromatic rings. The van der Waals surface area contributed by atoms with Crippen LogP contribution in [0.2, 0.25) is 0 Å². The van der Waals surface area contributed by atoms with E-state index in [1.807, 2.05) is 24.4 Å². The fourth-order valence-electron chi connectivity index (χ4n) is 2.92. The van der Waals surface area contributed by atoms with Crippen molar-refractivity contribution in [1.82, 2.24) is 15.3 Å². The lowest BCUT2D eigenvalue weighted by Gasteiger charge is -2.29. The molecule has 5 nitrogen and oxygen atoms in total. The maximum absolute atomic E-state index is 5.90. The van der Waals surface area contributed by atoms with E-state index in [9.17, 15) is 0 Å². The van der Waals surface area contributed by atoms with E-state index < -0.39 is 0 Å². The van der Waals surface area contributed by atoms with Gasteiger partial charge in [-0.05, 0) is 24.3 Å². The lowest BCUT2D eigenvalue weighted by molar-refractivity contribution is 0.587. The van der Waals surface area contributed by atoms with E-state index in [2.05, 4.69) is 21.3 Å². The van der Waals surface area contributed by atoms with E-state index in [0.717, 1.165) is 54.1 Å². The second-order valence-electron chi connectivity index (χ2n) is 5.22. The Kier molecular flexibility index (Phi) is 2.53. The molecule has 0 unspecified atom stereocenters. The number of aromatic nitrogens is 2. The molecule has 1 aliphatic rings. The molecule has 20 heavy (non-hydrogen) atoms. The molecular formula is C15H17N5. The molecule has 0 amide bonds. The topological polar surface area (TPSA) is 70.0 Å². The number of hydrogen-bond acceptors (Lipinski definition) is 4. The number of nitrogens with zero attached hydrogens (tertiary/aromatic N) is 2. The highest BCUT2D eigenvalue weighted by Crippen LogP contribution is 2.31. The zero-order chi connectivity index (χ0) is 13.5. The van der Waals surface area contributed by atoms with Crippen molar-refractivity contribution in [3.8, 4) is 0 Å². The van der Waals surface area contributed by atoms with Gasteiger partial charge in [0.25, 0.3) is 0 Å². The summed E-state index contributed by atoms with van der Waals surface area (Å²) in [6.07, 6.45) is 1.97. The van der Waals surface area contributed by atoms with Gasteiger partial charge in [-0.25, -0.2) is 4.98 Å². The van der Waals surface area contributed by atoms with Crippen LogP contribution in [0, 0.1) is 0 Å². The van der Waals surface area contributed by atoms with Gasteiger partial charge in [0.05, 0.1) is 11.0 Å². The molecule has 0 radical (unpaired) electrons. The van der Waals surface area contributed by atoms with Gasteiger partial charge in [0, 0.05) is 48.8 Å². The Bertz CT molecular complexity index is 770. The molecule has 1 saturated heterocycles. The summed E-state index contributed by atoms with van der Waals surface area (Å²) in [4.78, 5) is 10.5. The van der Waals surface area contributed by atoms with Gasteiger partial charge in [-0.2, -0.15) is 0 Å². The SMILES string of the molecule is Nc1ccc2nc(N3CCNCC3)c3cc[nH]c3c2c1. The number of nitrogens with one attached hydrogen (secondary N) is 2. The fourth-order valence-corrected chi connectivity index (χ4v) is 2.92. The predicted octanol–water partition coefficient (Wildman–Crippen LogP) is 1.71. The minimum absolute atomic E-state index is 0.769. The first-order valence-electron chi connectivity index (χ1n) is 6.95. The monoisotopic (exact) mass is 267 g/mol. The summed E-state index contributed by atoms with van der Waals surface area (Å²) in [5.41, 5.74) is 8.78. The van der Waals surface area contributed by atoms with Crippen molar-refractivity contribution in [2.24, 2.45) is 0 Å². The lowest BCUT2D eigenvalue weighted by Crippen LogP contribution is -2.43. The van der Waals surface area contributed by atoms with Crippen LogP contribution < -0.4 is 16.0 Å². The Labute approximate surface area is 116 Å². The summed E-state index contributed by atoms with van der Waals surface area (Å²) in [6.45, 7) is 4.00. The molecule has 1 aliphatic heterocycles. The average molecular weight is 267 g/mol. The zero-order valence-corrected chi connectivity index (χ0v) is 11.2. The lowest BCUT2D eigenvalue weighted by atomic mass is 10.1. The minimum Gasteiger partial charge on any atom is -0.399 e. The van der Waals surface area contributed by atoms with Gasteiger partial charge in [-0.3, -0.25) is 0 Å². The fraction of sp³-hybridized carbons (Fsp3) is 0.267. The average Bonchev–Trinajstić information content (AvgIpc) is 2.97. The van der Waals surface area contributed by atoms with Crippen LogP contribution in [0.4, 0.5) is 11.5 Å². The first-order valence-corrected chi connectivity index (χ1v) is 6.95. The van der Waals surface area contributed by atoms with Crippen LogP contribution in [-0.4, -0.2) is 36.1 Å². The van der Waals surface area contributed by atoms with Crippen molar-refractivity contribution in [3.05, 3.63) is 30.5 Å². The quantitative estimate of drug-likeness (QED) is 0.587. The first kappa shape index (κ1) is 11.5. The van der Waals surface area contributed by atoms with E-state index in [4.69, 9.17) is 10.7 Å². The van der Waals surface area contributed by atoms with Crippen molar-refractivity contribution in [1.29, 1.82) is 0 Å². The number of nitrogen functional groups attached to an aromatic ring is 1. The van der Waals surface area contributed by atoms with Crippen LogP contribution in [0.3, 0.4) is 0 Å². The Balaban J connectivity index is 1.99. The van der Waals surface area contributed by atoms with Gasteiger partial charge in [0.15, 0.2) is 0 Å². The zero-order valence-electron chi connectivity index (χ0n) is 11.2. The van der Waals surface area contributed by atoms with Gasteiger partial charge >= 0.3 is 0 Å². The Morgan fingerprint density at radius 1 is 1.10 bits per heavy atom. The molecule has 0 bridgehead atoms. The Morgan fingerprint density at radius 3 is 2.80 bits per heavy atom. The highest BCUT2D eigenvalue weighted by atomic mass is 15.2. The number of anilines is 2. The van der Waals surface area contributed by atoms with Crippen LogP contribution in [0.25, 0.3) is 21.8 Å². The standard InChI is InChI=1S/C15H17N5/c16-10-1-2-13-12(9-10)14-11(3-4-18-14)15(19-13)20-7-5-17-6-8-20/h1-4,9,17-18H,5-8,16H2. The Hall–Kier alpha value is -2.27. The maximum Gasteiger partial charge on any atom is 0.138 e. The van der Waals surface area contributed by atoms with E-state index in [-0.39, 0.29) is 0 Å². The largest absolute Gasteiger partial charge is 0.399 e. The third-order valence-corrected chi connectivity index (χ3v) is 3.92. The number of rotatable bonds is 1. The van der Waals surface area contributed by atoms with Crippen LogP contribution >= 0.6 is 0 Å². The van der Waals surface area contributed by atoms with E-state index in [1.165, 1.54) is 5.39 Å². The second kappa shape index (κ2) is 4.38. The molecule has 1 aromatic carbocycles. The van der Waals surface area contributed by atoms with Crippen LogP contribution in [-0.2, 0) is 0 Å².